The van der Waals surface area contributed by atoms with Crippen molar-refractivity contribution in [3.63, 3.8) is 0 Å². The minimum absolute atomic E-state index is 0.151. The second-order valence-electron chi connectivity index (χ2n) is 7.81. The van der Waals surface area contributed by atoms with Crippen LogP contribution in [-0.4, -0.2) is 28.6 Å². The second-order valence-corrected chi connectivity index (χ2v) is 7.81. The monoisotopic (exact) mass is 455 g/mol. The molecule has 3 aromatic carbocycles. The number of aromatic nitrogens is 2. The van der Waals surface area contributed by atoms with Crippen molar-refractivity contribution >= 4 is 34.4 Å². The Morgan fingerprint density at radius 2 is 1.85 bits per heavy atom. The molecule has 1 aliphatic heterocycles. The van der Waals surface area contributed by atoms with Gasteiger partial charge in [0, 0.05) is 22.8 Å². The zero-order chi connectivity index (χ0) is 23.7. The number of fused-ring (bicyclic) bond motifs is 2. The molecule has 4 aromatic rings. The first kappa shape index (κ1) is 21.2. The molecule has 9 nitrogen and oxygen atoms in total. The molecule has 0 aliphatic carbocycles. The van der Waals surface area contributed by atoms with E-state index >= 15 is 0 Å². The standard InChI is InChI=1S/C25H21N5O4/c1-14(28-25-27-12-17-5-3-7-19(23(26)31)22(17)30-25)15-4-2-6-18(10-15)29-24(32)16-8-9-20-21(11-16)34-13-33-20/h2-12,14H,13H2,1H3,(H2,26,31)(H,29,32)(H,27,28,30). The van der Waals surface area contributed by atoms with Gasteiger partial charge in [-0.25, -0.2) is 9.97 Å². The summed E-state index contributed by atoms with van der Waals surface area (Å²) in [5, 5.41) is 6.87. The van der Waals surface area contributed by atoms with Gasteiger partial charge < -0.3 is 25.8 Å². The quantitative estimate of drug-likeness (QED) is 0.402. The minimum Gasteiger partial charge on any atom is -0.454 e. The van der Waals surface area contributed by atoms with E-state index in [1.54, 1.807) is 36.5 Å². The predicted octanol–water partition coefficient (Wildman–Crippen LogP) is 3.88. The second kappa shape index (κ2) is 8.70. The number of benzene rings is 3. The molecule has 5 rings (SSSR count). The van der Waals surface area contributed by atoms with Gasteiger partial charge in [-0.1, -0.05) is 24.3 Å². The van der Waals surface area contributed by atoms with Gasteiger partial charge >= 0.3 is 0 Å². The highest BCUT2D eigenvalue weighted by Gasteiger charge is 2.17. The first-order valence-corrected chi connectivity index (χ1v) is 10.6. The van der Waals surface area contributed by atoms with Crippen LogP contribution in [0.3, 0.4) is 0 Å². The summed E-state index contributed by atoms with van der Waals surface area (Å²) in [6.45, 7) is 2.10. The summed E-state index contributed by atoms with van der Waals surface area (Å²) in [7, 11) is 0. The predicted molar refractivity (Wildman–Crippen MR) is 127 cm³/mol. The van der Waals surface area contributed by atoms with Gasteiger partial charge in [-0.15, -0.1) is 0 Å². The number of rotatable bonds is 6. The number of nitrogens with zero attached hydrogens (tertiary/aromatic N) is 2. The molecule has 0 saturated carbocycles. The van der Waals surface area contributed by atoms with Crippen molar-refractivity contribution in [3.8, 4) is 11.5 Å². The molecule has 1 unspecified atom stereocenters. The number of carbonyl (C=O) groups is 2. The molecular formula is C25H21N5O4. The smallest absolute Gasteiger partial charge is 0.255 e. The van der Waals surface area contributed by atoms with Crippen LogP contribution in [0.1, 0.15) is 39.2 Å². The SMILES string of the molecule is CC(Nc1ncc2cccc(C(N)=O)c2n1)c1cccc(NC(=O)c2ccc3c(c2)OCO3)c1. The highest BCUT2D eigenvalue weighted by molar-refractivity contribution is 6.05. The summed E-state index contributed by atoms with van der Waals surface area (Å²) >= 11 is 0. The molecule has 0 spiro atoms. The van der Waals surface area contributed by atoms with E-state index in [4.69, 9.17) is 15.2 Å². The van der Waals surface area contributed by atoms with Crippen LogP contribution < -0.4 is 25.8 Å². The molecule has 34 heavy (non-hydrogen) atoms. The topological polar surface area (TPSA) is 128 Å². The number of nitrogens with two attached hydrogens (primary N) is 1. The average molecular weight is 455 g/mol. The van der Waals surface area contributed by atoms with Gasteiger partial charge in [0.2, 0.25) is 12.7 Å². The first-order valence-electron chi connectivity index (χ1n) is 10.6. The summed E-state index contributed by atoms with van der Waals surface area (Å²) in [6.07, 6.45) is 1.64. The Bertz CT molecular complexity index is 1420. The number of hydrogen-bond acceptors (Lipinski definition) is 7. The van der Waals surface area contributed by atoms with Crippen molar-refractivity contribution < 1.29 is 19.1 Å². The van der Waals surface area contributed by atoms with Gasteiger partial charge in [-0.3, -0.25) is 9.59 Å². The normalized spacial score (nSPS) is 12.9. The fraction of sp³-hybridized carbons (Fsp3) is 0.120. The molecule has 1 aliphatic rings. The van der Waals surface area contributed by atoms with E-state index in [1.165, 1.54) is 0 Å². The Morgan fingerprint density at radius 3 is 2.71 bits per heavy atom. The lowest BCUT2D eigenvalue weighted by atomic mass is 10.1. The third-order valence-electron chi connectivity index (χ3n) is 5.50. The van der Waals surface area contributed by atoms with Gasteiger partial charge in [0.1, 0.15) is 0 Å². The maximum Gasteiger partial charge on any atom is 0.255 e. The molecule has 0 bridgehead atoms. The van der Waals surface area contributed by atoms with E-state index in [9.17, 15) is 9.59 Å². The van der Waals surface area contributed by atoms with Crippen molar-refractivity contribution in [2.45, 2.75) is 13.0 Å². The summed E-state index contributed by atoms with van der Waals surface area (Å²) in [4.78, 5) is 33.3. The lowest BCUT2D eigenvalue weighted by molar-refractivity contribution is 0.0998. The zero-order valence-electron chi connectivity index (χ0n) is 18.2. The number of nitrogens with one attached hydrogen (secondary N) is 2. The van der Waals surface area contributed by atoms with E-state index in [-0.39, 0.29) is 18.7 Å². The van der Waals surface area contributed by atoms with Crippen LogP contribution in [0.25, 0.3) is 10.9 Å². The molecule has 9 heteroatoms. The van der Waals surface area contributed by atoms with Gasteiger partial charge in [0.05, 0.1) is 17.1 Å². The Morgan fingerprint density at radius 1 is 1.03 bits per heavy atom. The number of ether oxygens (including phenoxy) is 2. The third kappa shape index (κ3) is 4.18. The Balaban J connectivity index is 1.32. The van der Waals surface area contributed by atoms with E-state index < -0.39 is 5.91 Å². The van der Waals surface area contributed by atoms with Gasteiger partial charge in [0.25, 0.3) is 11.8 Å². The van der Waals surface area contributed by atoms with Crippen LogP contribution in [0.2, 0.25) is 0 Å². The van der Waals surface area contributed by atoms with Crippen LogP contribution in [0, 0.1) is 0 Å². The maximum absolute atomic E-state index is 12.7. The fourth-order valence-corrected chi connectivity index (χ4v) is 3.73. The maximum atomic E-state index is 12.7. The van der Waals surface area contributed by atoms with E-state index in [2.05, 4.69) is 20.6 Å². The van der Waals surface area contributed by atoms with Crippen LogP contribution in [0.15, 0.2) is 66.9 Å². The van der Waals surface area contributed by atoms with Crippen molar-refractivity contribution in [1.82, 2.24) is 9.97 Å². The Labute approximate surface area is 194 Å². The summed E-state index contributed by atoms with van der Waals surface area (Å²) in [6, 6.07) is 17.6. The lowest BCUT2D eigenvalue weighted by Crippen LogP contribution is -2.14. The Hall–Kier alpha value is -4.66. The Kier molecular flexibility index (Phi) is 5.43. The van der Waals surface area contributed by atoms with Crippen LogP contribution in [-0.2, 0) is 0 Å². The van der Waals surface area contributed by atoms with Gasteiger partial charge in [-0.2, -0.15) is 0 Å². The molecule has 2 heterocycles. The third-order valence-corrected chi connectivity index (χ3v) is 5.50. The highest BCUT2D eigenvalue weighted by Crippen LogP contribution is 2.32. The number of amides is 2. The molecule has 1 atom stereocenters. The fourth-order valence-electron chi connectivity index (χ4n) is 3.73. The van der Waals surface area contributed by atoms with Gasteiger partial charge in [0.15, 0.2) is 11.5 Å². The molecule has 0 saturated heterocycles. The molecule has 170 valence electrons. The number of para-hydroxylation sites is 1. The number of carbonyl (C=O) groups excluding carboxylic acids is 2. The van der Waals surface area contributed by atoms with Crippen molar-refractivity contribution in [1.29, 1.82) is 0 Å². The molecule has 4 N–H and O–H groups in total. The zero-order valence-corrected chi connectivity index (χ0v) is 18.2. The highest BCUT2D eigenvalue weighted by atomic mass is 16.7. The summed E-state index contributed by atoms with van der Waals surface area (Å²) in [5.41, 5.74) is 8.33. The molecular weight excluding hydrogens is 434 g/mol. The molecule has 2 amide bonds. The van der Waals surface area contributed by atoms with E-state index in [1.807, 2.05) is 37.3 Å². The van der Waals surface area contributed by atoms with Crippen molar-refractivity contribution in [2.24, 2.45) is 5.73 Å². The minimum atomic E-state index is -0.547. The van der Waals surface area contributed by atoms with Crippen LogP contribution >= 0.6 is 0 Å². The van der Waals surface area contributed by atoms with Gasteiger partial charge in [-0.05, 0) is 48.9 Å². The molecule has 0 fully saturated rings. The molecule has 0 radical (unpaired) electrons. The number of anilines is 2. The van der Waals surface area contributed by atoms with E-state index in [0.29, 0.717) is 39.8 Å². The average Bonchev–Trinajstić information content (AvgIpc) is 3.31. The summed E-state index contributed by atoms with van der Waals surface area (Å²) in [5.74, 6) is 0.733. The molecule has 1 aromatic heterocycles. The lowest BCUT2D eigenvalue weighted by Gasteiger charge is -2.16. The van der Waals surface area contributed by atoms with Crippen LogP contribution in [0.5, 0.6) is 11.5 Å². The largest absolute Gasteiger partial charge is 0.454 e. The van der Waals surface area contributed by atoms with Crippen LogP contribution in [0.4, 0.5) is 11.6 Å². The first-order chi connectivity index (χ1) is 16.5. The number of primary amides is 1. The number of hydrogen-bond donors (Lipinski definition) is 3. The van der Waals surface area contributed by atoms with Crippen molar-refractivity contribution in [3.05, 3.63) is 83.6 Å². The van der Waals surface area contributed by atoms with E-state index in [0.717, 1.165) is 10.9 Å². The summed E-state index contributed by atoms with van der Waals surface area (Å²) < 4.78 is 10.6. The van der Waals surface area contributed by atoms with Crippen molar-refractivity contribution in [2.75, 3.05) is 17.4 Å².